The second-order valence-electron chi connectivity index (χ2n) is 8.73. The molecule has 0 amide bonds. The van der Waals surface area contributed by atoms with Gasteiger partial charge in [0.2, 0.25) is 0 Å². The molecule has 31 heavy (non-hydrogen) atoms. The van der Waals surface area contributed by atoms with Gasteiger partial charge >= 0.3 is 0 Å². The van der Waals surface area contributed by atoms with Crippen LogP contribution < -0.4 is 5.32 Å². The van der Waals surface area contributed by atoms with E-state index in [9.17, 15) is 0 Å². The van der Waals surface area contributed by atoms with Crippen molar-refractivity contribution in [2.45, 2.75) is 66.1 Å². The summed E-state index contributed by atoms with van der Waals surface area (Å²) in [6, 6.07) is 15.4. The summed E-state index contributed by atoms with van der Waals surface area (Å²) in [5.41, 5.74) is 8.82. The average Bonchev–Trinajstić information content (AvgIpc) is 3.24. The molecule has 2 aromatic heterocycles. The monoisotopic (exact) mass is 432 g/mol. The van der Waals surface area contributed by atoms with Crippen LogP contribution in [0.15, 0.2) is 48.7 Å². The van der Waals surface area contributed by atoms with E-state index in [2.05, 4.69) is 91.6 Å². The molecular weight excluding hydrogens is 400 g/mol. The van der Waals surface area contributed by atoms with Gasteiger partial charge in [-0.1, -0.05) is 31.2 Å². The number of para-hydroxylation sites is 1. The zero-order chi connectivity index (χ0) is 22.3. The van der Waals surface area contributed by atoms with E-state index in [-0.39, 0.29) is 18.1 Å². The standard InChI is InChI=1S/C26H32N4S/c1-7-20-12-10-11-17(4)24(20)30-18(5)15-21(19(30)6)25-23(22-13-8-9-14-27-22)28-26(31)29(25)16(2)3/h8-16,23,25H,7H2,1-6H3,(H,28,31)/t23-,25-/m0/s1. The van der Waals surface area contributed by atoms with Crippen molar-refractivity contribution in [2.24, 2.45) is 0 Å². The lowest BCUT2D eigenvalue weighted by atomic mass is 9.96. The van der Waals surface area contributed by atoms with E-state index in [1.165, 1.54) is 33.8 Å². The first kappa shape index (κ1) is 21.6. The van der Waals surface area contributed by atoms with E-state index in [1.54, 1.807) is 0 Å². The van der Waals surface area contributed by atoms with Crippen LogP contribution >= 0.6 is 12.2 Å². The first-order valence-electron chi connectivity index (χ1n) is 11.1. The number of rotatable bonds is 5. The van der Waals surface area contributed by atoms with Crippen LogP contribution in [0.3, 0.4) is 0 Å². The van der Waals surface area contributed by atoms with Crippen LogP contribution in [0.25, 0.3) is 5.69 Å². The molecule has 0 saturated carbocycles. The van der Waals surface area contributed by atoms with Crippen molar-refractivity contribution >= 4 is 17.3 Å². The molecule has 0 spiro atoms. The molecule has 4 rings (SSSR count). The molecular formula is C26H32N4S. The number of nitrogens with zero attached hydrogens (tertiary/aromatic N) is 3. The topological polar surface area (TPSA) is 33.1 Å². The molecule has 162 valence electrons. The second-order valence-corrected chi connectivity index (χ2v) is 9.11. The molecule has 4 nitrogen and oxygen atoms in total. The number of thiocarbonyl (C=S) groups is 1. The van der Waals surface area contributed by atoms with Gasteiger partial charge in [-0.15, -0.1) is 0 Å². The van der Waals surface area contributed by atoms with Gasteiger partial charge < -0.3 is 14.8 Å². The minimum atomic E-state index is 0.0209. The quantitative estimate of drug-likeness (QED) is 0.521. The molecule has 0 unspecified atom stereocenters. The maximum Gasteiger partial charge on any atom is 0.170 e. The number of hydrogen-bond acceptors (Lipinski definition) is 2. The van der Waals surface area contributed by atoms with E-state index >= 15 is 0 Å². The van der Waals surface area contributed by atoms with Gasteiger partial charge in [-0.25, -0.2) is 0 Å². The first-order valence-corrected chi connectivity index (χ1v) is 11.5. The third-order valence-corrected chi connectivity index (χ3v) is 6.74. The van der Waals surface area contributed by atoms with Crippen LogP contribution in [0.2, 0.25) is 0 Å². The van der Waals surface area contributed by atoms with Crippen molar-refractivity contribution in [3.8, 4) is 5.69 Å². The number of pyridine rings is 1. The smallest absolute Gasteiger partial charge is 0.170 e. The highest BCUT2D eigenvalue weighted by Gasteiger charge is 2.42. The Labute approximate surface area is 191 Å². The van der Waals surface area contributed by atoms with Gasteiger partial charge in [-0.3, -0.25) is 4.98 Å². The predicted octanol–water partition coefficient (Wildman–Crippen LogP) is 5.74. The summed E-state index contributed by atoms with van der Waals surface area (Å²) in [5, 5.41) is 4.36. The Morgan fingerprint density at radius 1 is 1.10 bits per heavy atom. The van der Waals surface area contributed by atoms with Gasteiger partial charge in [0.25, 0.3) is 0 Å². The predicted molar refractivity (Wildman–Crippen MR) is 132 cm³/mol. The summed E-state index contributed by atoms with van der Waals surface area (Å²) in [5.74, 6) is 0. The third kappa shape index (κ3) is 3.65. The van der Waals surface area contributed by atoms with E-state index < -0.39 is 0 Å². The van der Waals surface area contributed by atoms with Crippen LogP contribution in [-0.4, -0.2) is 25.6 Å². The highest BCUT2D eigenvalue weighted by atomic mass is 32.1. The van der Waals surface area contributed by atoms with Crippen LogP contribution in [0.5, 0.6) is 0 Å². The highest BCUT2D eigenvalue weighted by Crippen LogP contribution is 2.42. The van der Waals surface area contributed by atoms with Crippen LogP contribution in [0, 0.1) is 20.8 Å². The maximum atomic E-state index is 5.79. The molecule has 1 fully saturated rings. The molecule has 5 heteroatoms. The summed E-state index contributed by atoms with van der Waals surface area (Å²) in [7, 11) is 0. The zero-order valence-corrected chi connectivity index (χ0v) is 20.1. The lowest BCUT2D eigenvalue weighted by Crippen LogP contribution is -2.35. The Bertz CT molecular complexity index is 1100. The fourth-order valence-electron chi connectivity index (χ4n) is 5.01. The molecule has 3 heterocycles. The Morgan fingerprint density at radius 3 is 2.52 bits per heavy atom. The van der Waals surface area contributed by atoms with Crippen LogP contribution in [0.4, 0.5) is 0 Å². The summed E-state index contributed by atoms with van der Waals surface area (Å²) in [4.78, 5) is 7.00. The molecule has 1 saturated heterocycles. The van der Waals surface area contributed by atoms with Crippen molar-refractivity contribution in [2.75, 3.05) is 0 Å². The first-order chi connectivity index (χ1) is 14.8. The summed E-state index contributed by atoms with van der Waals surface area (Å²) < 4.78 is 2.43. The Balaban J connectivity index is 1.90. The number of hydrogen-bond donors (Lipinski definition) is 1. The average molecular weight is 433 g/mol. The molecule has 1 aliphatic heterocycles. The van der Waals surface area contributed by atoms with Gasteiger partial charge in [0.15, 0.2) is 5.11 Å². The molecule has 2 atom stereocenters. The highest BCUT2D eigenvalue weighted by molar-refractivity contribution is 7.80. The van der Waals surface area contributed by atoms with E-state index in [0.29, 0.717) is 0 Å². The van der Waals surface area contributed by atoms with E-state index in [4.69, 9.17) is 12.2 Å². The van der Waals surface area contributed by atoms with E-state index in [0.717, 1.165) is 17.2 Å². The van der Waals surface area contributed by atoms with Crippen molar-refractivity contribution in [3.05, 3.63) is 82.4 Å². The molecule has 0 aliphatic carbocycles. The second kappa shape index (κ2) is 8.46. The molecule has 1 aromatic carbocycles. The summed E-state index contributed by atoms with van der Waals surface area (Å²) in [6.45, 7) is 13.3. The lowest BCUT2D eigenvalue weighted by Gasteiger charge is -2.31. The molecule has 1 aliphatic rings. The number of aryl methyl sites for hydroxylation is 3. The van der Waals surface area contributed by atoms with Gasteiger partial charge in [0.05, 0.1) is 23.5 Å². The fraction of sp³-hybridized carbons (Fsp3) is 0.385. The maximum absolute atomic E-state index is 5.79. The lowest BCUT2D eigenvalue weighted by molar-refractivity contribution is 0.269. The van der Waals surface area contributed by atoms with Crippen molar-refractivity contribution < 1.29 is 0 Å². The van der Waals surface area contributed by atoms with Gasteiger partial charge in [-0.2, -0.15) is 0 Å². The van der Waals surface area contributed by atoms with Gasteiger partial charge in [0.1, 0.15) is 0 Å². The molecule has 0 radical (unpaired) electrons. The van der Waals surface area contributed by atoms with E-state index in [1.807, 2.05) is 18.3 Å². The van der Waals surface area contributed by atoms with Gasteiger partial charge in [0, 0.05) is 23.6 Å². The van der Waals surface area contributed by atoms with Gasteiger partial charge in [-0.05, 0) is 88.1 Å². The summed E-state index contributed by atoms with van der Waals surface area (Å²) >= 11 is 5.79. The molecule has 1 N–H and O–H groups in total. The van der Waals surface area contributed by atoms with Crippen molar-refractivity contribution in [1.82, 2.24) is 19.8 Å². The van der Waals surface area contributed by atoms with Crippen LogP contribution in [-0.2, 0) is 6.42 Å². The normalized spacial score (nSPS) is 18.7. The minimum absolute atomic E-state index is 0.0209. The Kier molecular flexibility index (Phi) is 5.89. The number of aromatic nitrogens is 2. The summed E-state index contributed by atoms with van der Waals surface area (Å²) in [6.07, 6.45) is 2.87. The Morgan fingerprint density at radius 2 is 1.87 bits per heavy atom. The zero-order valence-electron chi connectivity index (χ0n) is 19.3. The van der Waals surface area contributed by atoms with Crippen molar-refractivity contribution in [1.29, 1.82) is 0 Å². The SMILES string of the molecule is CCc1cccc(C)c1-n1c(C)cc([C@H]2[C@H](c3ccccn3)NC(=S)N2C(C)C)c1C. The molecule has 0 bridgehead atoms. The largest absolute Gasteiger partial charge is 0.352 e. The minimum Gasteiger partial charge on any atom is -0.352 e. The fourth-order valence-corrected chi connectivity index (χ4v) is 5.46. The number of nitrogens with one attached hydrogen (secondary N) is 1. The molecule has 3 aromatic rings. The Hall–Kier alpha value is -2.66. The number of benzene rings is 1. The van der Waals surface area contributed by atoms with Crippen molar-refractivity contribution in [3.63, 3.8) is 0 Å². The third-order valence-electron chi connectivity index (χ3n) is 6.41. The van der Waals surface area contributed by atoms with Crippen LogP contribution in [0.1, 0.15) is 66.6 Å².